The molecule has 1 N–H and O–H groups in total. The molecule has 112 valence electrons. The minimum absolute atomic E-state index is 0.208. The molecule has 0 fully saturated rings. The molecule has 3 aromatic rings. The van der Waals surface area contributed by atoms with Gasteiger partial charge in [0.05, 0.1) is 22.8 Å². The van der Waals surface area contributed by atoms with Crippen molar-refractivity contribution >= 4 is 39.1 Å². The van der Waals surface area contributed by atoms with Crippen LogP contribution in [0.15, 0.2) is 47.2 Å². The summed E-state index contributed by atoms with van der Waals surface area (Å²) in [7, 11) is 0. The first kappa shape index (κ1) is 15.1. The van der Waals surface area contributed by atoms with Gasteiger partial charge in [0.25, 0.3) is 5.91 Å². The van der Waals surface area contributed by atoms with E-state index in [1.54, 1.807) is 24.3 Å². The number of carbonyl (C=O) groups is 1. The van der Waals surface area contributed by atoms with Gasteiger partial charge in [-0.25, -0.2) is 4.98 Å². The van der Waals surface area contributed by atoms with Gasteiger partial charge in [-0.3, -0.25) is 4.79 Å². The molecule has 6 heteroatoms. The summed E-state index contributed by atoms with van der Waals surface area (Å²) in [5.41, 5.74) is 3.21. The highest BCUT2D eigenvalue weighted by Gasteiger charge is 2.11. The van der Waals surface area contributed by atoms with Crippen molar-refractivity contribution in [1.82, 2.24) is 14.7 Å². The molecule has 1 amide bonds. The number of nitrogens with zero attached hydrogens (tertiary/aromatic N) is 2. The van der Waals surface area contributed by atoms with Gasteiger partial charge < -0.3 is 9.72 Å². The largest absolute Gasteiger partial charge is 0.346 e. The molecule has 0 aliphatic heterocycles. The standard InChI is InChI=1S/C16H13BrClN3O/c1-10-6-11(17)8-21-9-12(20-15(10)21)7-19-16(22)13-4-2-3-5-14(13)18/h2-6,8-9H,7H2,1H3,(H,19,22). The number of nitrogens with one attached hydrogen (secondary N) is 1. The van der Waals surface area contributed by atoms with Gasteiger partial charge in [0.2, 0.25) is 0 Å². The van der Waals surface area contributed by atoms with Crippen molar-refractivity contribution < 1.29 is 4.79 Å². The number of hydrogen-bond acceptors (Lipinski definition) is 2. The molecular weight excluding hydrogens is 366 g/mol. The SMILES string of the molecule is Cc1cc(Br)cn2cc(CNC(=O)c3ccccc3Cl)nc12. The molecule has 2 heterocycles. The molecule has 0 bridgehead atoms. The number of benzene rings is 1. The Morgan fingerprint density at radius 2 is 2.14 bits per heavy atom. The van der Waals surface area contributed by atoms with E-state index < -0.39 is 0 Å². The Hall–Kier alpha value is -1.85. The second-order valence-corrected chi connectivity index (χ2v) is 6.29. The van der Waals surface area contributed by atoms with Gasteiger partial charge in [-0.2, -0.15) is 0 Å². The Bertz CT molecular complexity index is 860. The number of rotatable bonds is 3. The third-order valence-corrected chi connectivity index (χ3v) is 4.06. The maximum atomic E-state index is 12.1. The topological polar surface area (TPSA) is 46.4 Å². The number of aromatic nitrogens is 2. The molecule has 3 rings (SSSR count). The van der Waals surface area contributed by atoms with E-state index in [1.165, 1.54) is 0 Å². The predicted molar refractivity (Wildman–Crippen MR) is 90.3 cm³/mol. The van der Waals surface area contributed by atoms with Crippen LogP contribution in [0.1, 0.15) is 21.6 Å². The molecule has 0 saturated heterocycles. The summed E-state index contributed by atoms with van der Waals surface area (Å²) in [6.07, 6.45) is 3.84. The zero-order valence-electron chi connectivity index (χ0n) is 11.8. The number of hydrogen-bond donors (Lipinski definition) is 1. The number of aryl methyl sites for hydroxylation is 1. The van der Waals surface area contributed by atoms with Crippen LogP contribution in [0.25, 0.3) is 5.65 Å². The molecular formula is C16H13BrClN3O. The lowest BCUT2D eigenvalue weighted by Gasteiger charge is -2.04. The zero-order valence-corrected chi connectivity index (χ0v) is 14.1. The fraction of sp³-hybridized carbons (Fsp3) is 0.125. The van der Waals surface area contributed by atoms with Crippen LogP contribution < -0.4 is 5.32 Å². The summed E-state index contributed by atoms with van der Waals surface area (Å²) in [5, 5.41) is 3.28. The van der Waals surface area contributed by atoms with E-state index in [0.29, 0.717) is 17.1 Å². The first-order valence-corrected chi connectivity index (χ1v) is 7.88. The molecule has 4 nitrogen and oxygen atoms in total. The van der Waals surface area contributed by atoms with E-state index in [2.05, 4.69) is 26.2 Å². The molecule has 0 aliphatic carbocycles. The molecule has 0 unspecified atom stereocenters. The van der Waals surface area contributed by atoms with E-state index in [4.69, 9.17) is 11.6 Å². The number of amides is 1. The zero-order chi connectivity index (χ0) is 15.7. The van der Waals surface area contributed by atoms with Gasteiger partial charge in [0, 0.05) is 16.9 Å². The quantitative estimate of drug-likeness (QED) is 0.749. The van der Waals surface area contributed by atoms with Crippen LogP contribution in [-0.2, 0) is 6.54 Å². The molecule has 2 aromatic heterocycles. The number of pyridine rings is 1. The van der Waals surface area contributed by atoms with Gasteiger partial charge in [-0.15, -0.1) is 0 Å². The molecule has 0 saturated carbocycles. The second kappa shape index (κ2) is 6.10. The highest BCUT2D eigenvalue weighted by atomic mass is 79.9. The molecule has 0 radical (unpaired) electrons. The molecule has 1 aromatic carbocycles. The van der Waals surface area contributed by atoms with Crippen LogP contribution in [0, 0.1) is 6.92 Å². The average molecular weight is 379 g/mol. The van der Waals surface area contributed by atoms with Gasteiger partial charge in [0.15, 0.2) is 0 Å². The lowest BCUT2D eigenvalue weighted by molar-refractivity contribution is 0.0950. The second-order valence-electron chi connectivity index (χ2n) is 4.97. The number of fused-ring (bicyclic) bond motifs is 1. The van der Waals surface area contributed by atoms with Crippen molar-refractivity contribution in [2.24, 2.45) is 0 Å². The minimum atomic E-state index is -0.208. The van der Waals surface area contributed by atoms with Crippen molar-refractivity contribution in [3.8, 4) is 0 Å². The Kier molecular flexibility index (Phi) is 4.18. The molecule has 0 atom stereocenters. The summed E-state index contributed by atoms with van der Waals surface area (Å²) >= 11 is 9.48. The fourth-order valence-electron chi connectivity index (χ4n) is 2.27. The highest BCUT2D eigenvalue weighted by Crippen LogP contribution is 2.18. The van der Waals surface area contributed by atoms with E-state index in [9.17, 15) is 4.79 Å². The lowest BCUT2D eigenvalue weighted by atomic mass is 10.2. The van der Waals surface area contributed by atoms with Crippen LogP contribution in [0.4, 0.5) is 0 Å². The maximum absolute atomic E-state index is 12.1. The van der Waals surface area contributed by atoms with E-state index >= 15 is 0 Å². The first-order valence-electron chi connectivity index (χ1n) is 6.71. The number of imidazole rings is 1. The average Bonchev–Trinajstić information content (AvgIpc) is 2.88. The Morgan fingerprint density at radius 3 is 2.91 bits per heavy atom. The first-order chi connectivity index (χ1) is 10.5. The predicted octanol–water partition coefficient (Wildman–Crippen LogP) is 3.99. The molecule has 0 spiro atoms. The van der Waals surface area contributed by atoms with E-state index in [1.807, 2.05) is 29.8 Å². The van der Waals surface area contributed by atoms with Crippen LogP contribution in [0.3, 0.4) is 0 Å². The van der Waals surface area contributed by atoms with Crippen molar-refractivity contribution in [2.45, 2.75) is 13.5 Å². The number of halogens is 2. The van der Waals surface area contributed by atoms with Gasteiger partial charge >= 0.3 is 0 Å². The van der Waals surface area contributed by atoms with Crippen molar-refractivity contribution in [3.63, 3.8) is 0 Å². The third-order valence-electron chi connectivity index (χ3n) is 3.30. The van der Waals surface area contributed by atoms with Crippen LogP contribution in [0.2, 0.25) is 5.02 Å². The monoisotopic (exact) mass is 377 g/mol. The highest BCUT2D eigenvalue weighted by molar-refractivity contribution is 9.10. The van der Waals surface area contributed by atoms with Crippen LogP contribution in [0.5, 0.6) is 0 Å². The third kappa shape index (κ3) is 3.00. The summed E-state index contributed by atoms with van der Waals surface area (Å²) in [5.74, 6) is -0.208. The van der Waals surface area contributed by atoms with E-state index in [0.717, 1.165) is 21.4 Å². The van der Waals surface area contributed by atoms with Crippen molar-refractivity contribution in [1.29, 1.82) is 0 Å². The summed E-state index contributed by atoms with van der Waals surface area (Å²) < 4.78 is 2.93. The Morgan fingerprint density at radius 1 is 1.36 bits per heavy atom. The summed E-state index contributed by atoms with van der Waals surface area (Å²) in [4.78, 5) is 16.7. The fourth-order valence-corrected chi connectivity index (χ4v) is 3.06. The maximum Gasteiger partial charge on any atom is 0.253 e. The minimum Gasteiger partial charge on any atom is -0.346 e. The normalized spacial score (nSPS) is 10.9. The van der Waals surface area contributed by atoms with Crippen molar-refractivity contribution in [3.05, 3.63) is 69.0 Å². The smallest absolute Gasteiger partial charge is 0.253 e. The summed E-state index contributed by atoms with van der Waals surface area (Å²) in [6, 6.07) is 8.98. The molecule has 0 aliphatic rings. The lowest BCUT2D eigenvalue weighted by Crippen LogP contribution is -2.23. The van der Waals surface area contributed by atoms with Crippen molar-refractivity contribution in [2.75, 3.05) is 0 Å². The van der Waals surface area contributed by atoms with Crippen LogP contribution in [-0.4, -0.2) is 15.3 Å². The van der Waals surface area contributed by atoms with Gasteiger partial charge in [0.1, 0.15) is 5.65 Å². The van der Waals surface area contributed by atoms with Gasteiger partial charge in [-0.1, -0.05) is 23.7 Å². The summed E-state index contributed by atoms with van der Waals surface area (Å²) in [6.45, 7) is 2.35. The van der Waals surface area contributed by atoms with Gasteiger partial charge in [-0.05, 0) is 46.6 Å². The van der Waals surface area contributed by atoms with Crippen LogP contribution >= 0.6 is 27.5 Å². The number of carbonyl (C=O) groups excluding carboxylic acids is 1. The Labute approximate surface area is 141 Å². The van der Waals surface area contributed by atoms with E-state index in [-0.39, 0.29) is 5.91 Å². The molecule has 22 heavy (non-hydrogen) atoms. The Balaban J connectivity index is 1.78.